The van der Waals surface area contributed by atoms with Gasteiger partial charge in [0, 0.05) is 69.7 Å². The van der Waals surface area contributed by atoms with Crippen LogP contribution in [0.4, 0.5) is 5.82 Å². The monoisotopic (exact) mass is 448 g/mol. The molecule has 0 radical (unpaired) electrons. The smallest absolute Gasteiger partial charge is 0.219 e. The van der Waals surface area contributed by atoms with E-state index in [0.717, 1.165) is 44.0 Å². The number of carbonyl (C=O) groups excluding carboxylic acids is 1. The quantitative estimate of drug-likeness (QED) is 0.618. The fraction of sp³-hybridized carbons (Fsp3) is 0.500. The highest BCUT2D eigenvalue weighted by molar-refractivity contribution is 5.86. The Morgan fingerprint density at radius 1 is 1.24 bits per heavy atom. The van der Waals surface area contributed by atoms with Gasteiger partial charge in [0.25, 0.3) is 0 Å². The number of amides is 1. The molecule has 7 heteroatoms. The lowest BCUT2D eigenvalue weighted by molar-refractivity contribution is -0.128. The number of anilines is 1. The first-order valence-corrected chi connectivity index (χ1v) is 11.8. The number of piperidine rings is 1. The number of rotatable bonds is 6. The molecule has 1 N–H and O–H groups in total. The van der Waals surface area contributed by atoms with Gasteiger partial charge in [-0.05, 0) is 50.9 Å². The largest absolute Gasteiger partial charge is 0.373 e. The lowest BCUT2D eigenvalue weighted by atomic mass is 9.93. The Balaban J connectivity index is 1.57. The Hall–Kier alpha value is -2.93. The van der Waals surface area contributed by atoms with E-state index in [-0.39, 0.29) is 5.91 Å². The second kappa shape index (κ2) is 9.51. The molecule has 4 rings (SSSR count). The van der Waals surface area contributed by atoms with Crippen LogP contribution in [0.2, 0.25) is 0 Å². The third-order valence-electron chi connectivity index (χ3n) is 7.05. The van der Waals surface area contributed by atoms with Gasteiger partial charge >= 0.3 is 0 Å². The third kappa shape index (κ3) is 4.88. The summed E-state index contributed by atoms with van der Waals surface area (Å²) in [5.41, 5.74) is 6.44. The van der Waals surface area contributed by atoms with E-state index < -0.39 is 0 Å². The molecule has 0 saturated carbocycles. The minimum Gasteiger partial charge on any atom is -0.373 e. The standard InChI is InChI=1S/C26H36N6O/c1-17-9-10-24-21(12-17)22(18(2)31(24)6)15-32-11-7-8-20(14-32)23-13-25(27-4)29-26(28-23)16-30(5)19(3)33/h9-10,12-13,20H,7-8,11,14-16H2,1-6H3,(H,27,28,29). The molecule has 1 unspecified atom stereocenters. The molecular formula is C26H36N6O. The van der Waals surface area contributed by atoms with Gasteiger partial charge in [-0.25, -0.2) is 9.97 Å². The maximum Gasteiger partial charge on any atom is 0.219 e. The second-order valence-electron chi connectivity index (χ2n) is 9.44. The Kier molecular flexibility index (Phi) is 6.70. The second-order valence-corrected chi connectivity index (χ2v) is 9.44. The Labute approximate surface area is 196 Å². The molecule has 1 amide bonds. The minimum atomic E-state index is 0.0135. The number of aromatic nitrogens is 3. The van der Waals surface area contributed by atoms with Crippen molar-refractivity contribution in [3.63, 3.8) is 0 Å². The number of nitrogens with zero attached hydrogens (tertiary/aromatic N) is 5. The topological polar surface area (TPSA) is 66.3 Å². The molecule has 0 bridgehead atoms. The molecule has 1 aliphatic heterocycles. The highest BCUT2D eigenvalue weighted by atomic mass is 16.2. The number of carbonyl (C=O) groups is 1. The van der Waals surface area contributed by atoms with E-state index in [2.05, 4.69) is 64.9 Å². The number of hydrogen-bond acceptors (Lipinski definition) is 5. The zero-order chi connectivity index (χ0) is 23.7. The molecule has 7 nitrogen and oxygen atoms in total. The highest BCUT2D eigenvalue weighted by Gasteiger charge is 2.25. The molecule has 33 heavy (non-hydrogen) atoms. The Morgan fingerprint density at radius 2 is 2.03 bits per heavy atom. The fourth-order valence-electron chi connectivity index (χ4n) is 4.87. The van der Waals surface area contributed by atoms with Crippen LogP contribution in [-0.4, -0.2) is 57.4 Å². The van der Waals surface area contributed by atoms with Gasteiger partial charge in [-0.1, -0.05) is 11.6 Å². The average Bonchev–Trinajstić information content (AvgIpc) is 3.03. The number of hydrogen-bond donors (Lipinski definition) is 1. The van der Waals surface area contributed by atoms with Gasteiger partial charge in [0.1, 0.15) is 11.6 Å². The molecule has 1 atom stereocenters. The highest BCUT2D eigenvalue weighted by Crippen LogP contribution is 2.31. The molecule has 1 fully saturated rings. The van der Waals surface area contributed by atoms with Crippen LogP contribution in [0.5, 0.6) is 0 Å². The van der Waals surface area contributed by atoms with Crippen molar-refractivity contribution < 1.29 is 4.79 Å². The van der Waals surface area contributed by atoms with E-state index >= 15 is 0 Å². The summed E-state index contributed by atoms with van der Waals surface area (Å²) in [7, 11) is 5.83. The van der Waals surface area contributed by atoms with Crippen LogP contribution in [0, 0.1) is 13.8 Å². The molecule has 1 aliphatic rings. The van der Waals surface area contributed by atoms with Gasteiger partial charge in [-0.15, -0.1) is 0 Å². The fourth-order valence-corrected chi connectivity index (χ4v) is 4.87. The zero-order valence-electron chi connectivity index (χ0n) is 20.8. The summed E-state index contributed by atoms with van der Waals surface area (Å²) in [6.07, 6.45) is 2.27. The van der Waals surface area contributed by atoms with Crippen LogP contribution in [0.15, 0.2) is 24.3 Å². The van der Waals surface area contributed by atoms with Crippen molar-refractivity contribution >= 4 is 22.6 Å². The number of fused-ring (bicyclic) bond motifs is 1. The molecule has 2 aromatic heterocycles. The molecule has 1 aromatic carbocycles. The summed E-state index contributed by atoms with van der Waals surface area (Å²) in [6.45, 7) is 9.41. The summed E-state index contributed by atoms with van der Waals surface area (Å²) >= 11 is 0. The minimum absolute atomic E-state index is 0.0135. The normalized spacial score (nSPS) is 16.8. The molecular weight excluding hydrogens is 412 g/mol. The maximum absolute atomic E-state index is 11.7. The lowest BCUT2D eigenvalue weighted by Gasteiger charge is -2.33. The van der Waals surface area contributed by atoms with Crippen molar-refractivity contribution in [3.8, 4) is 0 Å². The number of nitrogens with one attached hydrogen (secondary N) is 1. The Morgan fingerprint density at radius 3 is 2.76 bits per heavy atom. The van der Waals surface area contributed by atoms with Crippen LogP contribution in [-0.2, 0) is 24.9 Å². The third-order valence-corrected chi connectivity index (χ3v) is 7.05. The van der Waals surface area contributed by atoms with Crippen LogP contribution < -0.4 is 5.32 Å². The van der Waals surface area contributed by atoms with Gasteiger partial charge in [-0.2, -0.15) is 0 Å². The van der Waals surface area contributed by atoms with E-state index in [1.54, 1.807) is 18.9 Å². The van der Waals surface area contributed by atoms with Crippen molar-refractivity contribution in [1.82, 2.24) is 24.3 Å². The lowest BCUT2D eigenvalue weighted by Crippen LogP contribution is -2.34. The predicted molar refractivity (Wildman–Crippen MR) is 133 cm³/mol. The van der Waals surface area contributed by atoms with Crippen molar-refractivity contribution in [2.24, 2.45) is 7.05 Å². The molecule has 3 heterocycles. The van der Waals surface area contributed by atoms with Crippen molar-refractivity contribution in [2.45, 2.75) is 52.6 Å². The van der Waals surface area contributed by atoms with Crippen LogP contribution >= 0.6 is 0 Å². The summed E-state index contributed by atoms with van der Waals surface area (Å²) in [5.74, 6) is 1.86. The van der Waals surface area contributed by atoms with Crippen molar-refractivity contribution in [1.29, 1.82) is 0 Å². The number of likely N-dealkylation sites (tertiary alicyclic amines) is 1. The van der Waals surface area contributed by atoms with Gasteiger partial charge in [0.15, 0.2) is 0 Å². The zero-order valence-corrected chi connectivity index (χ0v) is 20.8. The summed E-state index contributed by atoms with van der Waals surface area (Å²) < 4.78 is 2.31. The molecule has 0 spiro atoms. The first-order chi connectivity index (χ1) is 15.8. The van der Waals surface area contributed by atoms with Gasteiger partial charge in [0.2, 0.25) is 5.91 Å². The van der Waals surface area contributed by atoms with Crippen LogP contribution in [0.1, 0.15) is 54.0 Å². The van der Waals surface area contributed by atoms with E-state index in [1.807, 2.05) is 7.05 Å². The maximum atomic E-state index is 11.7. The number of aryl methyl sites for hydroxylation is 2. The Bertz CT molecular complexity index is 1170. The van der Waals surface area contributed by atoms with Crippen LogP contribution in [0.3, 0.4) is 0 Å². The molecule has 3 aromatic rings. The first kappa shape index (κ1) is 23.2. The van der Waals surface area contributed by atoms with Gasteiger partial charge in [-0.3, -0.25) is 9.69 Å². The SMILES string of the molecule is CNc1cc(C2CCCN(Cc3c(C)n(C)c4ccc(C)cc34)C2)nc(CN(C)C(C)=O)n1. The van der Waals surface area contributed by atoms with Crippen molar-refractivity contribution in [3.05, 3.63) is 52.6 Å². The summed E-state index contributed by atoms with van der Waals surface area (Å²) in [5, 5.41) is 4.53. The average molecular weight is 449 g/mol. The van der Waals surface area contributed by atoms with E-state index in [0.29, 0.717) is 18.3 Å². The van der Waals surface area contributed by atoms with Crippen molar-refractivity contribution in [2.75, 3.05) is 32.5 Å². The van der Waals surface area contributed by atoms with Gasteiger partial charge < -0.3 is 14.8 Å². The summed E-state index contributed by atoms with van der Waals surface area (Å²) in [6, 6.07) is 8.82. The predicted octanol–water partition coefficient (Wildman–Crippen LogP) is 3.98. The van der Waals surface area contributed by atoms with E-state index in [4.69, 9.17) is 4.98 Å². The molecule has 1 saturated heterocycles. The van der Waals surface area contributed by atoms with E-state index in [9.17, 15) is 4.79 Å². The first-order valence-electron chi connectivity index (χ1n) is 11.8. The van der Waals surface area contributed by atoms with Gasteiger partial charge in [0.05, 0.1) is 12.2 Å². The molecule has 176 valence electrons. The van der Waals surface area contributed by atoms with Crippen LogP contribution in [0.25, 0.3) is 10.9 Å². The van der Waals surface area contributed by atoms with E-state index in [1.165, 1.54) is 27.7 Å². The number of benzene rings is 1. The molecule has 0 aliphatic carbocycles. The summed E-state index contributed by atoms with van der Waals surface area (Å²) in [4.78, 5) is 25.4.